The number of rotatable bonds is 3. The predicted octanol–water partition coefficient (Wildman–Crippen LogP) is 4.27. The van der Waals surface area contributed by atoms with Crippen molar-refractivity contribution in [1.29, 1.82) is 0 Å². The first kappa shape index (κ1) is 23.8. The first-order chi connectivity index (χ1) is 14.2. The number of methoxy groups -OCH3 is 1. The number of carbonyl (C=O) groups excluding carboxylic acids is 2. The molecule has 7 nitrogen and oxygen atoms in total. The van der Waals surface area contributed by atoms with E-state index in [-0.39, 0.29) is 6.42 Å². The van der Waals surface area contributed by atoms with Crippen LogP contribution in [0.15, 0.2) is 22.7 Å². The molecule has 1 aromatic carbocycles. The van der Waals surface area contributed by atoms with E-state index in [2.05, 4.69) is 15.9 Å². The lowest BCUT2D eigenvalue weighted by atomic mass is 9.79. The number of nitrogens with zero attached hydrogens (tertiary/aromatic N) is 1. The molecule has 0 saturated heterocycles. The molecule has 1 aliphatic carbocycles. The van der Waals surface area contributed by atoms with E-state index in [0.29, 0.717) is 24.1 Å². The lowest BCUT2D eigenvalue weighted by Gasteiger charge is -2.36. The fraction of sp³-hybridized carbons (Fsp3) is 0.545. The van der Waals surface area contributed by atoms with E-state index >= 15 is 0 Å². The van der Waals surface area contributed by atoms with Crippen molar-refractivity contribution in [3.8, 4) is 0 Å². The van der Waals surface area contributed by atoms with Crippen LogP contribution in [0.5, 0.6) is 0 Å². The summed E-state index contributed by atoms with van der Waals surface area (Å²) in [6.45, 7) is 6.79. The maximum absolute atomic E-state index is 13.2. The van der Waals surface area contributed by atoms with Gasteiger partial charge in [0.2, 0.25) is 0 Å². The normalized spacial score (nSPS) is 18.9. The minimum absolute atomic E-state index is 0.236. The van der Waals surface area contributed by atoms with Crippen molar-refractivity contribution >= 4 is 48.7 Å². The van der Waals surface area contributed by atoms with Gasteiger partial charge in [0, 0.05) is 21.8 Å². The van der Waals surface area contributed by atoms with Crippen LogP contribution in [0.4, 0.5) is 4.79 Å². The first-order valence-electron chi connectivity index (χ1n) is 10.0. The van der Waals surface area contributed by atoms with Crippen LogP contribution in [0.25, 0.3) is 10.9 Å². The highest BCUT2D eigenvalue weighted by Gasteiger charge is 2.52. The Labute approximate surface area is 191 Å². The molecule has 2 aromatic rings. The molecule has 170 valence electrons. The number of carbonyl (C=O) groups is 2. The third-order valence-electron chi connectivity index (χ3n) is 6.04. The summed E-state index contributed by atoms with van der Waals surface area (Å²) in [5.41, 5.74) is 1.65. The van der Waals surface area contributed by atoms with Gasteiger partial charge in [-0.3, -0.25) is 4.79 Å². The van der Waals surface area contributed by atoms with Gasteiger partial charge in [-0.1, -0.05) is 15.9 Å². The quantitative estimate of drug-likeness (QED) is 0.569. The fourth-order valence-corrected chi connectivity index (χ4v) is 5.89. The molecular weight excluding hydrogens is 486 g/mol. The summed E-state index contributed by atoms with van der Waals surface area (Å²) < 4.78 is 36.6. The van der Waals surface area contributed by atoms with Gasteiger partial charge in [-0.25, -0.2) is 17.8 Å². The van der Waals surface area contributed by atoms with Gasteiger partial charge in [-0.2, -0.15) is 0 Å². The number of benzene rings is 1. The smallest absolute Gasteiger partial charge is 0.419 e. The Hall–Kier alpha value is -1.87. The number of aromatic nitrogens is 1. The Morgan fingerprint density at radius 2 is 1.84 bits per heavy atom. The van der Waals surface area contributed by atoms with Crippen molar-refractivity contribution in [2.45, 2.75) is 57.3 Å². The van der Waals surface area contributed by atoms with Crippen LogP contribution < -0.4 is 0 Å². The van der Waals surface area contributed by atoms with Crippen molar-refractivity contribution in [3.05, 3.63) is 33.9 Å². The van der Waals surface area contributed by atoms with Crippen LogP contribution in [0, 0.1) is 5.92 Å². The molecular formula is C22H28BrNO6S. The molecule has 1 heterocycles. The molecule has 0 bridgehead atoms. The highest BCUT2D eigenvalue weighted by Crippen LogP contribution is 2.42. The lowest BCUT2D eigenvalue weighted by molar-refractivity contribution is -0.145. The Bertz CT molecular complexity index is 1160. The van der Waals surface area contributed by atoms with Gasteiger partial charge in [0.1, 0.15) is 5.60 Å². The van der Waals surface area contributed by atoms with Crippen LogP contribution in [-0.4, -0.2) is 48.8 Å². The van der Waals surface area contributed by atoms with Gasteiger partial charge in [0.25, 0.3) is 0 Å². The summed E-state index contributed by atoms with van der Waals surface area (Å²) >= 11 is 3.49. The van der Waals surface area contributed by atoms with Gasteiger partial charge < -0.3 is 9.47 Å². The average molecular weight is 514 g/mol. The molecule has 0 saturated carbocycles. The zero-order valence-electron chi connectivity index (χ0n) is 18.6. The zero-order chi connectivity index (χ0) is 23.4. The van der Waals surface area contributed by atoms with E-state index in [0.717, 1.165) is 21.7 Å². The van der Waals surface area contributed by atoms with Gasteiger partial charge in [-0.05, 0) is 76.6 Å². The highest BCUT2D eigenvalue weighted by molar-refractivity contribution is 9.10. The summed E-state index contributed by atoms with van der Waals surface area (Å²) in [7, 11) is -2.59. The van der Waals surface area contributed by atoms with Crippen LogP contribution in [0.1, 0.15) is 45.4 Å². The Kier molecular flexibility index (Phi) is 6.08. The van der Waals surface area contributed by atoms with Gasteiger partial charge in [-0.15, -0.1) is 0 Å². The van der Waals surface area contributed by atoms with Crippen LogP contribution in [0.3, 0.4) is 0 Å². The molecule has 0 radical (unpaired) electrons. The summed E-state index contributed by atoms with van der Waals surface area (Å²) in [5, 5.41) is 0.910. The molecule has 0 spiro atoms. The highest BCUT2D eigenvalue weighted by atomic mass is 79.9. The molecule has 1 aromatic heterocycles. The SMILES string of the molecule is COC(=O)C(C)(C1CCc2c(n(C(=O)OC(C)(C)C)c3ccc(Br)cc23)C1)S(C)(=O)=O. The van der Waals surface area contributed by atoms with E-state index < -0.39 is 38.2 Å². The van der Waals surface area contributed by atoms with Crippen LogP contribution in [0.2, 0.25) is 0 Å². The third kappa shape index (κ3) is 4.14. The predicted molar refractivity (Wildman–Crippen MR) is 122 cm³/mol. The second-order valence-electron chi connectivity index (χ2n) is 9.21. The van der Waals surface area contributed by atoms with Crippen molar-refractivity contribution in [2.75, 3.05) is 13.4 Å². The third-order valence-corrected chi connectivity index (χ3v) is 8.58. The van der Waals surface area contributed by atoms with Gasteiger partial charge in [0.15, 0.2) is 14.6 Å². The van der Waals surface area contributed by atoms with Crippen molar-refractivity contribution in [3.63, 3.8) is 0 Å². The number of sulfone groups is 1. The summed E-state index contributed by atoms with van der Waals surface area (Å²) in [6.07, 6.45) is 1.77. The second-order valence-corrected chi connectivity index (χ2v) is 12.5. The Balaban J connectivity index is 2.20. The number of halogens is 1. The zero-order valence-corrected chi connectivity index (χ0v) is 21.0. The first-order valence-corrected chi connectivity index (χ1v) is 12.7. The Morgan fingerprint density at radius 1 is 1.19 bits per heavy atom. The molecule has 1 aliphatic rings. The van der Waals surface area contributed by atoms with Gasteiger partial charge >= 0.3 is 12.1 Å². The molecule has 9 heteroatoms. The fourth-order valence-electron chi connectivity index (χ4n) is 4.34. The monoisotopic (exact) mass is 513 g/mol. The minimum Gasteiger partial charge on any atom is -0.468 e. The second kappa shape index (κ2) is 7.92. The molecule has 0 amide bonds. The summed E-state index contributed by atoms with van der Waals surface area (Å²) in [4.78, 5) is 25.8. The van der Waals surface area contributed by atoms with Crippen LogP contribution in [-0.2, 0) is 36.9 Å². The number of fused-ring (bicyclic) bond motifs is 3. The number of hydrogen-bond donors (Lipinski definition) is 0. The van der Waals surface area contributed by atoms with E-state index in [1.165, 1.54) is 18.6 Å². The topological polar surface area (TPSA) is 91.7 Å². The van der Waals surface area contributed by atoms with Crippen molar-refractivity contribution < 1.29 is 27.5 Å². The van der Waals surface area contributed by atoms with E-state index in [4.69, 9.17) is 9.47 Å². The van der Waals surface area contributed by atoms with Crippen molar-refractivity contribution in [1.82, 2.24) is 4.57 Å². The molecule has 0 aliphatic heterocycles. The largest absolute Gasteiger partial charge is 0.468 e. The van der Waals surface area contributed by atoms with Crippen LogP contribution >= 0.6 is 15.9 Å². The molecule has 3 rings (SSSR count). The van der Waals surface area contributed by atoms with Gasteiger partial charge in [0.05, 0.1) is 12.6 Å². The molecule has 0 fully saturated rings. The minimum atomic E-state index is -3.78. The molecule has 2 atom stereocenters. The van der Waals surface area contributed by atoms with E-state index in [1.807, 2.05) is 18.2 Å². The number of esters is 1. The number of hydrogen-bond acceptors (Lipinski definition) is 6. The summed E-state index contributed by atoms with van der Waals surface area (Å²) in [6, 6.07) is 5.64. The van der Waals surface area contributed by atoms with E-state index in [9.17, 15) is 18.0 Å². The van der Waals surface area contributed by atoms with E-state index in [1.54, 1.807) is 20.8 Å². The van der Waals surface area contributed by atoms with Crippen molar-refractivity contribution in [2.24, 2.45) is 5.92 Å². The molecule has 2 unspecified atom stereocenters. The molecule has 31 heavy (non-hydrogen) atoms. The molecule has 0 N–H and O–H groups in total. The number of ether oxygens (including phenoxy) is 2. The maximum atomic E-state index is 13.2. The number of aryl methyl sites for hydroxylation is 1. The lowest BCUT2D eigenvalue weighted by Crippen LogP contribution is -2.52. The Morgan fingerprint density at radius 3 is 2.39 bits per heavy atom. The summed E-state index contributed by atoms with van der Waals surface area (Å²) in [5.74, 6) is -1.33. The standard InChI is InChI=1S/C22H28BrNO6S/c1-21(2,3)30-20(26)24-17-10-8-14(23)12-16(17)15-9-7-13(11-18(15)24)22(4,19(25)29-5)31(6,27)28/h8,10,12-13H,7,9,11H2,1-6H3. The maximum Gasteiger partial charge on any atom is 0.419 e. The average Bonchev–Trinajstić information content (AvgIpc) is 2.97.